The van der Waals surface area contributed by atoms with Crippen LogP contribution in [-0.2, 0) is 47.2 Å². The Bertz CT molecular complexity index is 1960. The van der Waals surface area contributed by atoms with Crippen molar-refractivity contribution in [3.8, 4) is 5.75 Å². The van der Waals surface area contributed by atoms with Crippen LogP contribution in [0, 0.1) is 5.92 Å². The molecule has 0 aliphatic heterocycles. The van der Waals surface area contributed by atoms with Crippen LogP contribution >= 0.6 is 0 Å². The van der Waals surface area contributed by atoms with E-state index in [1.165, 1.54) is 0 Å². The Balaban J connectivity index is 2.18. The van der Waals surface area contributed by atoms with E-state index in [1.807, 2.05) is 139 Å². The Morgan fingerprint density at radius 2 is 1.12 bits per heavy atom. The van der Waals surface area contributed by atoms with Crippen molar-refractivity contribution < 1.29 is 37.4 Å². The lowest BCUT2D eigenvalue weighted by atomic mass is 9.92. The van der Waals surface area contributed by atoms with Crippen molar-refractivity contribution in [1.29, 1.82) is 0 Å². The summed E-state index contributed by atoms with van der Waals surface area (Å²) in [6, 6.07) is 26.6. The second kappa shape index (κ2) is 22.3. The molecular formula is C52H80N2O8Si2. The third-order valence-corrected chi connectivity index (χ3v) is 21.0. The Kier molecular flexibility index (Phi) is 18.9. The zero-order valence-electron chi connectivity index (χ0n) is 41.8. The highest BCUT2D eigenvalue weighted by Crippen LogP contribution is 2.40. The second-order valence-electron chi connectivity index (χ2n) is 22.1. The van der Waals surface area contributed by atoms with Crippen LogP contribution in [0.4, 0.5) is 4.79 Å². The molecule has 0 heterocycles. The third kappa shape index (κ3) is 18.0. The normalized spacial score (nSPS) is 15.4. The highest BCUT2D eigenvalue weighted by Gasteiger charge is 2.44. The fraction of sp³-hybridized carbons (Fsp3) is 0.558. The van der Waals surface area contributed by atoms with Crippen LogP contribution in [-0.4, -0.2) is 70.2 Å². The maximum atomic E-state index is 14.7. The van der Waals surface area contributed by atoms with Gasteiger partial charge in [-0.2, -0.15) is 0 Å². The first-order valence-electron chi connectivity index (χ1n) is 22.7. The van der Waals surface area contributed by atoms with E-state index in [1.54, 1.807) is 0 Å². The van der Waals surface area contributed by atoms with Gasteiger partial charge >= 0.3 is 12.1 Å². The average Bonchev–Trinajstić information content (AvgIpc) is 3.15. The number of nitrogens with one attached hydrogen (secondary N) is 1. The maximum absolute atomic E-state index is 14.7. The number of hydrogen-bond acceptors (Lipinski definition) is 8. The summed E-state index contributed by atoms with van der Waals surface area (Å²) in [5.41, 5.74) is 7.54. The van der Waals surface area contributed by atoms with E-state index >= 15 is 0 Å². The smallest absolute Gasteiger partial charge is 0.407 e. The van der Waals surface area contributed by atoms with Gasteiger partial charge in [-0.3, -0.25) is 9.59 Å². The van der Waals surface area contributed by atoms with Gasteiger partial charge in [0.2, 0.25) is 0 Å². The topological polar surface area (TPSA) is 135 Å². The van der Waals surface area contributed by atoms with Crippen LogP contribution in [0.5, 0.6) is 5.75 Å². The summed E-state index contributed by atoms with van der Waals surface area (Å²) < 4.78 is 32.5. The number of primary amides is 1. The average molecular weight is 917 g/mol. The summed E-state index contributed by atoms with van der Waals surface area (Å²) in [5, 5.41) is 2.85. The standard InChI is InChI=1S/C52H80N2O8Si2/c1-49(2,3)59-40-32-30-39(31-33-40)35-42(54-48(57)60-50(4,5)6)44(62-64(15,16)52(10,11)12)29-23-28-43(61-63(13,14)51(7,8)9)41(34-37-24-19-17-20-25-37)47(56)58-45(46(53)55)36-38-26-21-18-22-27-38/h17-28,30-33,41-45H,29,34-36H2,1-16H3,(H2,53,55)(H,54,57)/b28-23+. The van der Waals surface area contributed by atoms with Crippen LogP contribution < -0.4 is 15.8 Å². The van der Waals surface area contributed by atoms with Gasteiger partial charge in [0.15, 0.2) is 22.7 Å². The first-order chi connectivity index (χ1) is 29.4. The second-order valence-corrected chi connectivity index (χ2v) is 31.6. The van der Waals surface area contributed by atoms with E-state index in [4.69, 9.17) is 28.8 Å². The largest absolute Gasteiger partial charge is 0.488 e. The minimum Gasteiger partial charge on any atom is -0.488 e. The molecule has 3 aromatic carbocycles. The van der Waals surface area contributed by atoms with Gasteiger partial charge in [0.25, 0.3) is 5.91 Å². The number of esters is 1. The molecule has 10 nitrogen and oxygen atoms in total. The molecule has 0 aliphatic carbocycles. The van der Waals surface area contributed by atoms with Crippen molar-refractivity contribution in [2.24, 2.45) is 11.7 Å². The number of carbonyl (C=O) groups excluding carboxylic acids is 3. The zero-order valence-corrected chi connectivity index (χ0v) is 43.8. The van der Waals surface area contributed by atoms with Gasteiger partial charge in [-0.25, -0.2) is 4.79 Å². The van der Waals surface area contributed by atoms with Crippen LogP contribution in [0.3, 0.4) is 0 Å². The molecule has 3 rings (SSSR count). The molecule has 2 amide bonds. The van der Waals surface area contributed by atoms with Gasteiger partial charge in [0, 0.05) is 6.42 Å². The van der Waals surface area contributed by atoms with Crippen molar-refractivity contribution in [3.63, 3.8) is 0 Å². The van der Waals surface area contributed by atoms with E-state index in [0.717, 1.165) is 22.4 Å². The molecule has 354 valence electrons. The molecule has 0 aliphatic rings. The lowest BCUT2D eigenvalue weighted by molar-refractivity contribution is -0.161. The highest BCUT2D eigenvalue weighted by atomic mass is 28.4. The maximum Gasteiger partial charge on any atom is 0.407 e. The number of hydrogen-bond donors (Lipinski definition) is 2. The van der Waals surface area contributed by atoms with E-state index in [2.05, 4.69) is 73.0 Å². The molecule has 12 heteroatoms. The molecule has 0 aromatic heterocycles. The molecule has 0 saturated carbocycles. The van der Waals surface area contributed by atoms with E-state index in [-0.39, 0.29) is 22.1 Å². The van der Waals surface area contributed by atoms with E-state index in [0.29, 0.717) is 19.3 Å². The predicted octanol–water partition coefficient (Wildman–Crippen LogP) is 11.5. The summed E-state index contributed by atoms with van der Waals surface area (Å²) >= 11 is 0. The Morgan fingerprint density at radius 1 is 0.641 bits per heavy atom. The molecule has 64 heavy (non-hydrogen) atoms. The molecule has 0 spiro atoms. The van der Waals surface area contributed by atoms with Crippen molar-refractivity contribution in [2.45, 2.75) is 181 Å². The molecule has 0 bridgehead atoms. The quantitative estimate of drug-likeness (QED) is 0.0650. The van der Waals surface area contributed by atoms with Crippen molar-refractivity contribution >= 4 is 34.6 Å². The fourth-order valence-electron chi connectivity index (χ4n) is 6.46. The Labute approximate surface area is 387 Å². The van der Waals surface area contributed by atoms with Gasteiger partial charge in [0.1, 0.15) is 17.0 Å². The Morgan fingerprint density at radius 3 is 1.59 bits per heavy atom. The van der Waals surface area contributed by atoms with E-state index in [9.17, 15) is 14.4 Å². The monoisotopic (exact) mass is 917 g/mol. The zero-order chi connectivity index (χ0) is 48.3. The summed E-state index contributed by atoms with van der Waals surface area (Å²) in [6.07, 6.45) is 2.26. The number of ether oxygens (including phenoxy) is 3. The number of benzene rings is 3. The van der Waals surface area contributed by atoms with Crippen molar-refractivity contribution in [3.05, 3.63) is 114 Å². The molecule has 0 saturated heterocycles. The van der Waals surface area contributed by atoms with Gasteiger partial charge in [-0.1, -0.05) is 126 Å². The van der Waals surface area contributed by atoms with Crippen molar-refractivity contribution in [1.82, 2.24) is 5.32 Å². The molecule has 5 atom stereocenters. The molecule has 3 N–H and O–H groups in total. The number of carbonyl (C=O) groups is 3. The van der Waals surface area contributed by atoms with Crippen LogP contribution in [0.2, 0.25) is 36.3 Å². The number of alkyl carbamates (subject to hydrolysis) is 1. The van der Waals surface area contributed by atoms with Gasteiger partial charge in [0.05, 0.1) is 24.2 Å². The first kappa shape index (κ1) is 54.1. The van der Waals surface area contributed by atoms with E-state index < -0.39 is 70.5 Å². The van der Waals surface area contributed by atoms with Crippen LogP contribution in [0.15, 0.2) is 97.1 Å². The highest BCUT2D eigenvalue weighted by molar-refractivity contribution is 6.74. The summed E-state index contributed by atoms with van der Waals surface area (Å²) in [4.78, 5) is 41.1. The lowest BCUT2D eigenvalue weighted by Gasteiger charge is -2.42. The van der Waals surface area contributed by atoms with Gasteiger partial charge in [-0.15, -0.1) is 0 Å². The SMILES string of the molecule is CC(C)(C)OC(=O)NC(Cc1ccc(OC(C)(C)C)cc1)C(C/C=C/C(O[Si](C)(C)C(C)(C)C)C(Cc1ccccc1)C(=O)OC(Cc1ccccc1)C(N)=O)O[Si](C)(C)C(C)(C)C. The van der Waals surface area contributed by atoms with Crippen LogP contribution in [0.25, 0.3) is 0 Å². The number of rotatable bonds is 20. The van der Waals surface area contributed by atoms with Gasteiger partial charge in [-0.05, 0) is 126 Å². The predicted molar refractivity (Wildman–Crippen MR) is 264 cm³/mol. The van der Waals surface area contributed by atoms with Gasteiger partial charge < -0.3 is 34.1 Å². The molecule has 5 unspecified atom stereocenters. The molecule has 3 aromatic rings. The minimum absolute atomic E-state index is 0.146. The minimum atomic E-state index is -2.55. The van der Waals surface area contributed by atoms with Crippen LogP contribution in [0.1, 0.15) is 106 Å². The first-order valence-corrected chi connectivity index (χ1v) is 28.5. The Hall–Kier alpha value is -4.24. The molecular weight excluding hydrogens is 837 g/mol. The number of nitrogens with two attached hydrogens (primary N) is 1. The third-order valence-electron chi connectivity index (χ3n) is 12.0. The summed E-state index contributed by atoms with van der Waals surface area (Å²) in [5.74, 6) is -1.38. The summed E-state index contributed by atoms with van der Waals surface area (Å²) in [6.45, 7) is 33.3. The summed E-state index contributed by atoms with van der Waals surface area (Å²) in [7, 11) is -5.02. The fourth-order valence-corrected chi connectivity index (χ4v) is 9.11. The molecule has 0 radical (unpaired) electrons. The van der Waals surface area contributed by atoms with Crippen molar-refractivity contribution in [2.75, 3.05) is 0 Å². The lowest BCUT2D eigenvalue weighted by Crippen LogP contribution is -2.53. The molecule has 0 fully saturated rings. The number of amides is 2.